The summed E-state index contributed by atoms with van der Waals surface area (Å²) in [7, 11) is 4.29. The monoisotopic (exact) mass is 239 g/mol. The maximum Gasteiger partial charge on any atom is 0.108 e. The molecule has 2 rings (SSSR count). The van der Waals surface area contributed by atoms with Gasteiger partial charge in [0.05, 0.1) is 0 Å². The Bertz CT molecular complexity index is 273. The van der Waals surface area contributed by atoms with Crippen molar-refractivity contribution in [2.75, 3.05) is 38.1 Å². The Morgan fingerprint density at radius 3 is 1.82 bits per heavy atom. The minimum absolute atomic E-state index is 1.15. The first kappa shape index (κ1) is 16.0. The minimum Gasteiger partial charge on any atom is -0.355 e. The van der Waals surface area contributed by atoms with Crippen LogP contribution in [-0.4, -0.2) is 42.7 Å². The van der Waals surface area contributed by atoms with Gasteiger partial charge in [0.2, 0.25) is 0 Å². The summed E-state index contributed by atoms with van der Waals surface area (Å²) in [5.41, 5.74) is 0. The predicted molar refractivity (Wildman–Crippen MR) is 77.8 cm³/mol. The molecule has 1 saturated heterocycles. The number of nitrogens with zero attached hydrogens (tertiary/aromatic N) is 3. The van der Waals surface area contributed by atoms with Crippen LogP contribution in [0.1, 0.15) is 27.7 Å². The molecular weight excluding hydrogens is 210 g/mol. The van der Waals surface area contributed by atoms with E-state index in [-0.39, 0.29) is 0 Å². The standard InChI is InChI=1S/C10H17N3.2C2H6/c1-11-6-8-13(9-7-11)10-4-3-5-12(10)2;2*1-2/h3-5H,6-9H2,1-2H3;2*1-2H3. The molecule has 1 fully saturated rings. The third kappa shape index (κ3) is 4.82. The first-order valence-corrected chi connectivity index (χ1v) is 6.82. The zero-order valence-electron chi connectivity index (χ0n) is 12.4. The fourth-order valence-electron chi connectivity index (χ4n) is 1.82. The van der Waals surface area contributed by atoms with Crippen LogP contribution in [0.4, 0.5) is 5.82 Å². The molecule has 0 bridgehead atoms. The van der Waals surface area contributed by atoms with Crippen molar-refractivity contribution in [3.63, 3.8) is 0 Å². The van der Waals surface area contributed by atoms with Crippen molar-refractivity contribution in [3.05, 3.63) is 18.3 Å². The molecule has 0 radical (unpaired) electrons. The second-order valence-electron chi connectivity index (χ2n) is 3.77. The highest BCUT2D eigenvalue weighted by molar-refractivity contribution is 5.40. The van der Waals surface area contributed by atoms with Gasteiger partial charge in [0.1, 0.15) is 5.82 Å². The van der Waals surface area contributed by atoms with Crippen LogP contribution in [-0.2, 0) is 7.05 Å². The summed E-state index contributed by atoms with van der Waals surface area (Å²) < 4.78 is 2.19. The SMILES string of the molecule is CC.CC.CN1CCN(c2cccn2C)CC1. The lowest BCUT2D eigenvalue weighted by molar-refractivity contribution is 0.311. The van der Waals surface area contributed by atoms with Gasteiger partial charge in [-0.05, 0) is 19.2 Å². The third-order valence-electron chi connectivity index (χ3n) is 2.74. The first-order valence-electron chi connectivity index (χ1n) is 6.82. The van der Waals surface area contributed by atoms with Gasteiger partial charge in [0.15, 0.2) is 0 Å². The molecule has 3 heteroatoms. The van der Waals surface area contributed by atoms with Crippen LogP contribution in [0.5, 0.6) is 0 Å². The molecule has 1 aromatic heterocycles. The lowest BCUT2D eigenvalue weighted by Crippen LogP contribution is -2.45. The maximum atomic E-state index is 2.44. The molecule has 1 aliphatic heterocycles. The van der Waals surface area contributed by atoms with Crippen LogP contribution in [0.2, 0.25) is 0 Å². The Hall–Kier alpha value is -0.960. The van der Waals surface area contributed by atoms with Crippen molar-refractivity contribution < 1.29 is 0 Å². The van der Waals surface area contributed by atoms with E-state index in [1.165, 1.54) is 18.9 Å². The summed E-state index contributed by atoms with van der Waals surface area (Å²) in [6, 6.07) is 4.29. The molecule has 3 nitrogen and oxygen atoms in total. The summed E-state index contributed by atoms with van der Waals surface area (Å²) in [6.07, 6.45) is 2.10. The van der Waals surface area contributed by atoms with Gasteiger partial charge < -0.3 is 14.4 Å². The van der Waals surface area contributed by atoms with E-state index in [2.05, 4.69) is 46.8 Å². The summed E-state index contributed by atoms with van der Waals surface area (Å²) >= 11 is 0. The number of hydrogen-bond donors (Lipinski definition) is 0. The normalized spacial score (nSPS) is 15.5. The Morgan fingerprint density at radius 2 is 1.41 bits per heavy atom. The van der Waals surface area contributed by atoms with Crippen molar-refractivity contribution in [1.82, 2.24) is 9.47 Å². The summed E-state index contributed by atoms with van der Waals surface area (Å²) in [5, 5.41) is 0. The average Bonchev–Trinajstić information content (AvgIpc) is 2.82. The van der Waals surface area contributed by atoms with Gasteiger partial charge in [0, 0.05) is 39.4 Å². The van der Waals surface area contributed by atoms with E-state index >= 15 is 0 Å². The van der Waals surface area contributed by atoms with Gasteiger partial charge in [-0.1, -0.05) is 27.7 Å². The highest BCUT2D eigenvalue weighted by atomic mass is 15.3. The summed E-state index contributed by atoms with van der Waals surface area (Å²) in [5.74, 6) is 1.34. The number of rotatable bonds is 1. The topological polar surface area (TPSA) is 11.4 Å². The van der Waals surface area contributed by atoms with E-state index in [0.717, 1.165) is 13.1 Å². The Labute approximate surface area is 107 Å². The van der Waals surface area contributed by atoms with Crippen LogP contribution in [0, 0.1) is 0 Å². The van der Waals surface area contributed by atoms with Crippen LogP contribution < -0.4 is 4.90 Å². The molecule has 1 aromatic rings. The second kappa shape index (κ2) is 9.11. The minimum atomic E-state index is 1.15. The molecule has 0 amide bonds. The van der Waals surface area contributed by atoms with E-state index < -0.39 is 0 Å². The average molecular weight is 239 g/mol. The molecule has 0 spiro atoms. The molecule has 2 heterocycles. The van der Waals surface area contributed by atoms with Crippen LogP contribution in [0.15, 0.2) is 18.3 Å². The number of likely N-dealkylation sites (N-methyl/N-ethyl adjacent to an activating group) is 1. The van der Waals surface area contributed by atoms with Crippen molar-refractivity contribution >= 4 is 5.82 Å². The number of aryl methyl sites for hydroxylation is 1. The molecule has 17 heavy (non-hydrogen) atoms. The van der Waals surface area contributed by atoms with Gasteiger partial charge in [0.25, 0.3) is 0 Å². The maximum absolute atomic E-state index is 2.44. The van der Waals surface area contributed by atoms with Gasteiger partial charge >= 0.3 is 0 Å². The van der Waals surface area contributed by atoms with Crippen molar-refractivity contribution in [3.8, 4) is 0 Å². The number of anilines is 1. The van der Waals surface area contributed by atoms with Crippen molar-refractivity contribution in [2.45, 2.75) is 27.7 Å². The van der Waals surface area contributed by atoms with Gasteiger partial charge in [-0.3, -0.25) is 0 Å². The highest BCUT2D eigenvalue weighted by Crippen LogP contribution is 2.15. The lowest BCUT2D eigenvalue weighted by atomic mass is 10.3. The zero-order chi connectivity index (χ0) is 13.3. The van der Waals surface area contributed by atoms with Gasteiger partial charge in [-0.2, -0.15) is 0 Å². The molecule has 0 saturated carbocycles. The van der Waals surface area contributed by atoms with Crippen molar-refractivity contribution in [1.29, 1.82) is 0 Å². The molecule has 0 atom stereocenters. The summed E-state index contributed by atoms with van der Waals surface area (Å²) in [6.45, 7) is 12.6. The molecule has 0 N–H and O–H groups in total. The van der Waals surface area contributed by atoms with E-state index in [4.69, 9.17) is 0 Å². The van der Waals surface area contributed by atoms with Crippen LogP contribution >= 0.6 is 0 Å². The molecule has 0 aromatic carbocycles. The van der Waals surface area contributed by atoms with E-state index in [1.54, 1.807) is 0 Å². The Kier molecular flexibility index (Phi) is 8.60. The Morgan fingerprint density at radius 1 is 0.882 bits per heavy atom. The quantitative estimate of drug-likeness (QED) is 0.746. The van der Waals surface area contributed by atoms with E-state index in [1.807, 2.05) is 27.7 Å². The predicted octanol–water partition coefficient (Wildman–Crippen LogP) is 2.83. The van der Waals surface area contributed by atoms with Gasteiger partial charge in [-0.25, -0.2) is 0 Å². The smallest absolute Gasteiger partial charge is 0.108 e. The van der Waals surface area contributed by atoms with E-state index in [0.29, 0.717) is 0 Å². The fourth-order valence-corrected chi connectivity index (χ4v) is 1.82. The largest absolute Gasteiger partial charge is 0.355 e. The molecule has 0 unspecified atom stereocenters. The first-order chi connectivity index (χ1) is 8.27. The molecular formula is C14H29N3. The third-order valence-corrected chi connectivity index (χ3v) is 2.74. The Balaban J connectivity index is 0.000000581. The highest BCUT2D eigenvalue weighted by Gasteiger charge is 2.15. The van der Waals surface area contributed by atoms with E-state index in [9.17, 15) is 0 Å². The number of hydrogen-bond acceptors (Lipinski definition) is 2. The molecule has 0 aliphatic carbocycles. The van der Waals surface area contributed by atoms with Crippen LogP contribution in [0.25, 0.3) is 0 Å². The lowest BCUT2D eigenvalue weighted by Gasteiger charge is -2.33. The number of aromatic nitrogens is 1. The second-order valence-corrected chi connectivity index (χ2v) is 3.77. The zero-order valence-corrected chi connectivity index (χ0v) is 12.4. The molecule has 100 valence electrons. The number of piperazine rings is 1. The fraction of sp³-hybridized carbons (Fsp3) is 0.714. The van der Waals surface area contributed by atoms with Crippen molar-refractivity contribution in [2.24, 2.45) is 7.05 Å². The molecule has 1 aliphatic rings. The summed E-state index contributed by atoms with van der Waals surface area (Å²) in [4.78, 5) is 4.82. The van der Waals surface area contributed by atoms with Gasteiger partial charge in [-0.15, -0.1) is 0 Å². The van der Waals surface area contributed by atoms with Crippen LogP contribution in [0.3, 0.4) is 0 Å².